The Bertz CT molecular complexity index is 942. The van der Waals surface area contributed by atoms with Gasteiger partial charge in [-0.05, 0) is 50.1 Å². The first-order valence-electron chi connectivity index (χ1n) is 10.4. The molecule has 1 aliphatic heterocycles. The van der Waals surface area contributed by atoms with E-state index in [9.17, 15) is 14.4 Å². The van der Waals surface area contributed by atoms with Crippen molar-refractivity contribution in [2.75, 3.05) is 24.7 Å². The van der Waals surface area contributed by atoms with Crippen LogP contribution in [0.5, 0.6) is 0 Å². The minimum Gasteiger partial charge on any atom is -1.00 e. The van der Waals surface area contributed by atoms with Gasteiger partial charge in [0.15, 0.2) is 4.90 Å². The van der Waals surface area contributed by atoms with E-state index in [4.69, 9.17) is 5.73 Å². The van der Waals surface area contributed by atoms with E-state index in [1.807, 2.05) is 24.3 Å². The Balaban J connectivity index is 0.00000363. The van der Waals surface area contributed by atoms with Gasteiger partial charge in [0.25, 0.3) is 5.91 Å². The number of nitrogens with two attached hydrogens (primary N) is 1. The zero-order valence-corrected chi connectivity index (χ0v) is 20.4. The van der Waals surface area contributed by atoms with E-state index < -0.39 is 6.04 Å². The summed E-state index contributed by atoms with van der Waals surface area (Å²) >= 11 is 0. The highest BCUT2D eigenvalue weighted by atomic mass is 79.9. The molecule has 2 atom stereocenters. The van der Waals surface area contributed by atoms with Gasteiger partial charge in [0.2, 0.25) is 11.8 Å². The Morgan fingerprint density at radius 1 is 1.06 bits per heavy atom. The molecule has 32 heavy (non-hydrogen) atoms. The highest BCUT2D eigenvalue weighted by Crippen LogP contribution is 2.23. The van der Waals surface area contributed by atoms with Gasteiger partial charge in [-0.3, -0.25) is 14.4 Å². The molecule has 9 heteroatoms. The van der Waals surface area contributed by atoms with Gasteiger partial charge in [-0.1, -0.05) is 24.3 Å². The topological polar surface area (TPSA) is 113 Å². The molecule has 0 saturated heterocycles. The number of anilines is 1. The van der Waals surface area contributed by atoms with Gasteiger partial charge in [-0.15, -0.1) is 0 Å². The summed E-state index contributed by atoms with van der Waals surface area (Å²) in [4.78, 5) is 39.0. The van der Waals surface area contributed by atoms with Crippen LogP contribution in [0.3, 0.4) is 0 Å². The molecule has 1 heterocycles. The number of halogens is 1. The maximum Gasteiger partial charge on any atom is 0.253 e. The Labute approximate surface area is 202 Å². The number of rotatable bonds is 7. The van der Waals surface area contributed by atoms with Crippen molar-refractivity contribution in [3.05, 3.63) is 59.7 Å². The lowest BCUT2D eigenvalue weighted by molar-refractivity contribution is -0.126. The molecular weight excluding hydrogens is 492 g/mol. The first kappa shape index (κ1) is 25.9. The number of nitrogens with one attached hydrogen (secondary N) is 3. The largest absolute Gasteiger partial charge is 1.00 e. The molecule has 0 radical (unpaired) electrons. The van der Waals surface area contributed by atoms with E-state index in [1.165, 1.54) is 4.90 Å². The molecule has 0 bridgehead atoms. The molecular formula is C23H29BrN4O3S. The highest BCUT2D eigenvalue weighted by Gasteiger charge is 2.25. The number of hydrogen-bond donors (Lipinski definition) is 4. The highest BCUT2D eigenvalue weighted by molar-refractivity contribution is 7.95. The van der Waals surface area contributed by atoms with Crippen LogP contribution < -0.4 is 38.7 Å². The standard InChI is InChI=1S/C23H28N4O3S.BrH/c1-31(17-7-3-2-4-8-17)15-16-10-11-19-18(13-16)22(29)25-14-21(28)26-20(23(30)27-19)9-5-6-12-24;/h2-4,7-8,10-11,13,20H,5-6,9,12,14-15,24H2,1H3,(H2-,25,26,27,28,29,30);1H. The van der Waals surface area contributed by atoms with Crippen molar-refractivity contribution in [2.24, 2.45) is 5.73 Å². The summed E-state index contributed by atoms with van der Waals surface area (Å²) in [5.41, 5.74) is 7.35. The fourth-order valence-corrected chi connectivity index (χ4v) is 4.91. The summed E-state index contributed by atoms with van der Waals surface area (Å²) in [5.74, 6) is -0.320. The fourth-order valence-electron chi connectivity index (χ4n) is 3.45. The average molecular weight is 521 g/mol. The summed E-state index contributed by atoms with van der Waals surface area (Å²) in [6.45, 7) is 0.358. The lowest BCUT2D eigenvalue weighted by Crippen LogP contribution is -3.00. The molecule has 2 aromatic rings. The third-order valence-corrected chi connectivity index (χ3v) is 6.97. The monoisotopic (exact) mass is 520 g/mol. The number of benzene rings is 2. The Morgan fingerprint density at radius 2 is 1.81 bits per heavy atom. The summed E-state index contributed by atoms with van der Waals surface area (Å²) in [6, 6.07) is 15.1. The first-order valence-corrected chi connectivity index (χ1v) is 12.2. The molecule has 5 N–H and O–H groups in total. The number of amides is 3. The van der Waals surface area contributed by atoms with Gasteiger partial charge < -0.3 is 38.7 Å². The van der Waals surface area contributed by atoms with Gasteiger partial charge in [0, 0.05) is 16.5 Å². The second-order valence-corrected chi connectivity index (χ2v) is 9.59. The Kier molecular flexibility index (Phi) is 10.2. The van der Waals surface area contributed by atoms with Gasteiger partial charge >= 0.3 is 0 Å². The molecule has 0 fully saturated rings. The predicted octanol–water partition coefficient (Wildman–Crippen LogP) is -1.21. The maximum atomic E-state index is 12.8. The van der Waals surface area contributed by atoms with Crippen LogP contribution in [0.1, 0.15) is 35.2 Å². The van der Waals surface area contributed by atoms with Gasteiger partial charge in [0.05, 0.1) is 17.8 Å². The molecule has 0 aromatic heterocycles. The van der Waals surface area contributed by atoms with Crippen molar-refractivity contribution in [1.82, 2.24) is 10.6 Å². The van der Waals surface area contributed by atoms with E-state index in [1.54, 1.807) is 12.1 Å². The number of fused-ring (bicyclic) bond motifs is 1. The first-order chi connectivity index (χ1) is 15.0. The molecule has 7 nitrogen and oxygen atoms in total. The van der Waals surface area contributed by atoms with Crippen molar-refractivity contribution < 1.29 is 31.4 Å². The van der Waals surface area contributed by atoms with Gasteiger partial charge in [-0.25, -0.2) is 0 Å². The second-order valence-electron chi connectivity index (χ2n) is 7.55. The molecule has 0 spiro atoms. The van der Waals surface area contributed by atoms with Crippen LogP contribution in [-0.4, -0.2) is 43.1 Å². The normalized spacial score (nSPS) is 17.2. The third kappa shape index (κ3) is 7.08. The van der Waals surface area contributed by atoms with Crippen LogP contribution in [0.15, 0.2) is 53.4 Å². The zero-order chi connectivity index (χ0) is 22.2. The number of carbonyl (C=O) groups is 3. The molecule has 3 amide bonds. The lowest BCUT2D eigenvalue weighted by Gasteiger charge is -2.22. The molecule has 0 saturated carbocycles. The van der Waals surface area contributed by atoms with Crippen LogP contribution >= 0.6 is 0 Å². The van der Waals surface area contributed by atoms with E-state index in [0.717, 1.165) is 24.2 Å². The van der Waals surface area contributed by atoms with Gasteiger partial charge in [-0.2, -0.15) is 0 Å². The predicted molar refractivity (Wildman–Crippen MR) is 124 cm³/mol. The summed E-state index contributed by atoms with van der Waals surface area (Å²) in [5, 5.41) is 8.18. The number of carbonyl (C=O) groups excluding carboxylic acids is 3. The van der Waals surface area contributed by atoms with Crippen LogP contribution in [0.4, 0.5) is 5.69 Å². The van der Waals surface area contributed by atoms with Gasteiger partial charge in [0.1, 0.15) is 18.1 Å². The lowest BCUT2D eigenvalue weighted by atomic mass is 10.1. The SMILES string of the molecule is C[S+](Cc1ccc2c(c1)C(=O)NCC(=O)NC(CCCCN)C(=O)N2)c1ccccc1.[Br-]. The molecule has 2 unspecified atom stereocenters. The summed E-state index contributed by atoms with van der Waals surface area (Å²) in [7, 11) is -0.0271. The van der Waals surface area contributed by atoms with E-state index >= 15 is 0 Å². The second kappa shape index (κ2) is 12.6. The number of hydrogen-bond acceptors (Lipinski definition) is 4. The molecule has 3 rings (SSSR count). The van der Waals surface area contributed by atoms with Crippen LogP contribution in [0.25, 0.3) is 0 Å². The van der Waals surface area contributed by atoms with E-state index in [0.29, 0.717) is 24.2 Å². The van der Waals surface area contributed by atoms with Crippen molar-refractivity contribution >= 4 is 34.3 Å². The molecule has 0 aliphatic carbocycles. The zero-order valence-electron chi connectivity index (χ0n) is 18.0. The third-order valence-electron chi connectivity index (χ3n) is 5.12. The van der Waals surface area contributed by atoms with Crippen molar-refractivity contribution in [2.45, 2.75) is 36.0 Å². The van der Waals surface area contributed by atoms with Crippen LogP contribution in [0, 0.1) is 0 Å². The average Bonchev–Trinajstić information content (AvgIpc) is 2.78. The van der Waals surface area contributed by atoms with Crippen LogP contribution in [0.2, 0.25) is 0 Å². The summed E-state index contributed by atoms with van der Waals surface area (Å²) < 4.78 is 0. The molecule has 1 aliphatic rings. The number of unbranched alkanes of at least 4 members (excludes halogenated alkanes) is 1. The smallest absolute Gasteiger partial charge is 0.253 e. The minimum atomic E-state index is -0.666. The van der Waals surface area contributed by atoms with Crippen molar-refractivity contribution in [3.8, 4) is 0 Å². The quantitative estimate of drug-likeness (QED) is 0.271. The van der Waals surface area contributed by atoms with Crippen molar-refractivity contribution in [3.63, 3.8) is 0 Å². The van der Waals surface area contributed by atoms with Crippen molar-refractivity contribution in [1.29, 1.82) is 0 Å². The maximum absolute atomic E-state index is 12.8. The minimum absolute atomic E-state index is 0. The van der Waals surface area contributed by atoms with E-state index in [2.05, 4.69) is 34.3 Å². The molecule has 2 aromatic carbocycles. The fraction of sp³-hybridized carbons (Fsp3) is 0.348. The van der Waals surface area contributed by atoms with Crippen LogP contribution in [-0.2, 0) is 26.2 Å². The Hall–Kier alpha value is -2.36. The molecule has 172 valence electrons. The van der Waals surface area contributed by atoms with E-state index in [-0.39, 0.29) is 52.1 Å². The summed E-state index contributed by atoms with van der Waals surface area (Å²) in [6.07, 6.45) is 4.16. The Morgan fingerprint density at radius 3 is 2.53 bits per heavy atom.